The van der Waals surface area contributed by atoms with Gasteiger partial charge in [0, 0.05) is 24.2 Å². The minimum atomic E-state index is -0.747. The number of aryl methyl sites for hydroxylation is 1. The Morgan fingerprint density at radius 2 is 1.95 bits per heavy atom. The second kappa shape index (κ2) is 12.7. The predicted molar refractivity (Wildman–Crippen MR) is 165 cm³/mol. The number of carboxylic acids is 1. The monoisotopic (exact) mass is 586 g/mol. The fraction of sp³-hybridized carbons (Fsp3) is 0.500. The van der Waals surface area contributed by atoms with Crippen LogP contribution in [-0.4, -0.2) is 40.7 Å². The highest BCUT2D eigenvalue weighted by molar-refractivity contribution is 5.71. The van der Waals surface area contributed by atoms with Crippen LogP contribution < -0.4 is 9.47 Å². The molecule has 0 bridgehead atoms. The van der Waals surface area contributed by atoms with Gasteiger partial charge in [-0.25, -0.2) is 9.37 Å². The third-order valence-corrected chi connectivity index (χ3v) is 9.90. The Kier molecular flexibility index (Phi) is 8.71. The Balaban J connectivity index is 1.33. The van der Waals surface area contributed by atoms with Crippen LogP contribution in [0.25, 0.3) is 11.1 Å². The van der Waals surface area contributed by atoms with Crippen LogP contribution in [0.2, 0.25) is 0 Å². The first-order chi connectivity index (χ1) is 20.9. The van der Waals surface area contributed by atoms with Gasteiger partial charge in [0.25, 0.3) is 0 Å². The van der Waals surface area contributed by atoms with Gasteiger partial charge in [-0.2, -0.15) is 0 Å². The topological polar surface area (TPSA) is 71.9 Å². The Morgan fingerprint density at radius 1 is 1.12 bits per heavy atom. The highest BCUT2D eigenvalue weighted by Crippen LogP contribution is 2.48. The largest absolute Gasteiger partial charge is 0.485 e. The smallest absolute Gasteiger partial charge is 0.306 e. The van der Waals surface area contributed by atoms with Crippen molar-refractivity contribution in [1.82, 2.24) is 9.88 Å². The lowest BCUT2D eigenvalue weighted by Crippen LogP contribution is -2.38. The summed E-state index contributed by atoms with van der Waals surface area (Å²) in [6, 6.07) is 14.8. The molecule has 2 unspecified atom stereocenters. The van der Waals surface area contributed by atoms with E-state index in [1.54, 1.807) is 13.2 Å². The van der Waals surface area contributed by atoms with Crippen molar-refractivity contribution in [3.05, 3.63) is 76.7 Å². The van der Waals surface area contributed by atoms with Gasteiger partial charge in [-0.1, -0.05) is 50.6 Å². The van der Waals surface area contributed by atoms with Gasteiger partial charge < -0.3 is 14.6 Å². The van der Waals surface area contributed by atoms with Crippen LogP contribution in [0, 0.1) is 17.7 Å². The van der Waals surface area contributed by atoms with Crippen molar-refractivity contribution in [2.45, 2.75) is 89.8 Å². The van der Waals surface area contributed by atoms with Crippen molar-refractivity contribution in [2.24, 2.45) is 11.8 Å². The molecule has 3 aliphatic rings. The summed E-state index contributed by atoms with van der Waals surface area (Å²) in [6.07, 6.45) is 9.72. The van der Waals surface area contributed by atoms with Gasteiger partial charge in [0.2, 0.25) is 5.88 Å². The Labute approximate surface area is 254 Å². The lowest BCUT2D eigenvalue weighted by Gasteiger charge is -2.36. The van der Waals surface area contributed by atoms with Gasteiger partial charge in [0.05, 0.1) is 19.2 Å². The van der Waals surface area contributed by atoms with Gasteiger partial charge in [0.1, 0.15) is 17.7 Å². The van der Waals surface area contributed by atoms with Crippen molar-refractivity contribution < 1.29 is 23.8 Å². The molecule has 0 spiro atoms. The van der Waals surface area contributed by atoms with Gasteiger partial charge in [-0.05, 0) is 97.2 Å². The average molecular weight is 587 g/mol. The molecule has 1 saturated carbocycles. The van der Waals surface area contributed by atoms with E-state index in [-0.39, 0.29) is 17.8 Å². The summed E-state index contributed by atoms with van der Waals surface area (Å²) >= 11 is 0. The van der Waals surface area contributed by atoms with E-state index in [1.807, 2.05) is 13.0 Å². The van der Waals surface area contributed by atoms with Crippen LogP contribution in [0.15, 0.2) is 48.7 Å². The van der Waals surface area contributed by atoms with Gasteiger partial charge >= 0.3 is 5.97 Å². The number of rotatable bonds is 10. The third kappa shape index (κ3) is 6.28. The van der Waals surface area contributed by atoms with Gasteiger partial charge in [0.15, 0.2) is 0 Å². The van der Waals surface area contributed by atoms with E-state index in [4.69, 9.17) is 9.47 Å². The SMILES string of the molecule is CCC1CCCCN1Cc1cc(C2CCc3ccc([C@H](C4CC4)[C@H](C)C(=O)O)cc3O2)ccc1-c1cc(OC)ncc1F. The molecule has 228 valence electrons. The van der Waals surface area contributed by atoms with Crippen molar-refractivity contribution in [2.75, 3.05) is 13.7 Å². The maximum Gasteiger partial charge on any atom is 0.306 e. The van der Waals surface area contributed by atoms with Crippen molar-refractivity contribution in [3.63, 3.8) is 0 Å². The number of nitrogens with zero attached hydrogens (tertiary/aromatic N) is 2. The first-order valence-corrected chi connectivity index (χ1v) is 15.9. The van der Waals surface area contributed by atoms with Crippen molar-refractivity contribution in [3.8, 4) is 22.8 Å². The van der Waals surface area contributed by atoms with E-state index in [0.29, 0.717) is 23.4 Å². The number of methoxy groups -OCH3 is 1. The third-order valence-electron chi connectivity index (χ3n) is 9.90. The van der Waals surface area contributed by atoms with E-state index >= 15 is 4.39 Å². The fourth-order valence-corrected chi connectivity index (χ4v) is 7.30. The highest BCUT2D eigenvalue weighted by atomic mass is 19.1. The molecule has 2 fully saturated rings. The number of pyridine rings is 1. The minimum absolute atomic E-state index is 0.000895. The van der Waals surface area contributed by atoms with Crippen LogP contribution in [0.3, 0.4) is 0 Å². The molecule has 2 aliphatic heterocycles. The molecule has 4 atom stereocenters. The molecule has 3 aromatic rings. The average Bonchev–Trinajstić information content (AvgIpc) is 3.86. The normalized spacial score (nSPS) is 21.9. The summed E-state index contributed by atoms with van der Waals surface area (Å²) in [6.45, 7) is 5.86. The maximum atomic E-state index is 15.2. The molecule has 1 N–H and O–H groups in total. The summed E-state index contributed by atoms with van der Waals surface area (Å²) < 4.78 is 27.2. The van der Waals surface area contributed by atoms with Crippen LogP contribution in [0.4, 0.5) is 4.39 Å². The number of aromatic nitrogens is 1. The zero-order valence-electron chi connectivity index (χ0n) is 25.5. The van der Waals surface area contributed by atoms with Crippen molar-refractivity contribution in [1.29, 1.82) is 0 Å². The number of hydrogen-bond donors (Lipinski definition) is 1. The zero-order chi connectivity index (χ0) is 30.1. The number of halogens is 1. The number of likely N-dealkylation sites (tertiary alicyclic amines) is 1. The Hall–Kier alpha value is -3.45. The summed E-state index contributed by atoms with van der Waals surface area (Å²) in [5.74, 6) is 0.123. The van der Waals surface area contributed by atoms with E-state index < -0.39 is 11.9 Å². The number of ether oxygens (including phenoxy) is 2. The number of aliphatic carboxylic acids is 1. The van der Waals surface area contributed by atoms with Gasteiger partial charge in [-0.15, -0.1) is 0 Å². The molecule has 3 heterocycles. The number of carboxylic acid groups (broad SMARTS) is 1. The lowest BCUT2D eigenvalue weighted by atomic mass is 9.82. The van der Waals surface area contributed by atoms with Gasteiger partial charge in [-0.3, -0.25) is 9.69 Å². The quantitative estimate of drug-likeness (QED) is 0.260. The molecular weight excluding hydrogens is 543 g/mol. The van der Waals surface area contributed by atoms with E-state index in [1.165, 1.54) is 31.0 Å². The second-order valence-corrected chi connectivity index (χ2v) is 12.7. The van der Waals surface area contributed by atoms with Crippen molar-refractivity contribution >= 4 is 5.97 Å². The number of hydrogen-bond acceptors (Lipinski definition) is 5. The summed E-state index contributed by atoms with van der Waals surface area (Å²) in [7, 11) is 1.55. The molecular formula is C36H43FN2O4. The van der Waals surface area contributed by atoms with E-state index in [9.17, 15) is 9.90 Å². The summed E-state index contributed by atoms with van der Waals surface area (Å²) in [5, 5.41) is 9.78. The molecule has 6 nitrogen and oxygen atoms in total. The molecule has 7 heteroatoms. The number of benzene rings is 2. The summed E-state index contributed by atoms with van der Waals surface area (Å²) in [4.78, 5) is 18.5. The first-order valence-electron chi connectivity index (χ1n) is 15.9. The Bertz CT molecular complexity index is 1470. The zero-order valence-corrected chi connectivity index (χ0v) is 25.5. The van der Waals surface area contributed by atoms with Crippen LogP contribution in [0.5, 0.6) is 11.6 Å². The number of piperidine rings is 1. The maximum absolute atomic E-state index is 15.2. The standard InChI is InChI=1S/C36H43FN2O4/c1-4-28-7-5-6-16-39(28)21-27-17-25(12-14-29(27)30-19-34(42-3)38-20-31(30)37)32-15-13-23-8-11-26(18-33(23)43-32)35(24-9-10-24)22(2)36(40)41/h8,11-12,14,17-20,22,24,28,32,35H,4-7,9-10,13,15-16,21H2,1-3H3,(H,40,41)/t22-,28?,32?,35-/m0/s1. The molecule has 0 amide bonds. The Morgan fingerprint density at radius 3 is 2.70 bits per heavy atom. The molecule has 1 aliphatic carbocycles. The minimum Gasteiger partial charge on any atom is -0.485 e. The molecule has 43 heavy (non-hydrogen) atoms. The molecule has 2 aromatic carbocycles. The molecule has 1 saturated heterocycles. The first kappa shape index (κ1) is 29.6. The molecule has 1 aromatic heterocycles. The number of fused-ring (bicyclic) bond motifs is 1. The van der Waals surface area contributed by atoms with Crippen LogP contribution in [0.1, 0.15) is 93.1 Å². The fourth-order valence-electron chi connectivity index (χ4n) is 7.30. The molecule has 0 radical (unpaired) electrons. The number of carbonyl (C=O) groups is 1. The lowest BCUT2D eigenvalue weighted by molar-refractivity contribution is -0.142. The van der Waals surface area contributed by atoms with E-state index in [2.05, 4.69) is 47.1 Å². The highest BCUT2D eigenvalue weighted by Gasteiger charge is 2.39. The summed E-state index contributed by atoms with van der Waals surface area (Å²) in [5.41, 5.74) is 5.74. The van der Waals surface area contributed by atoms with Crippen LogP contribution >= 0.6 is 0 Å². The van der Waals surface area contributed by atoms with Crippen LogP contribution in [-0.2, 0) is 17.8 Å². The van der Waals surface area contributed by atoms with E-state index in [0.717, 1.165) is 73.2 Å². The molecule has 6 rings (SSSR count). The predicted octanol–water partition coefficient (Wildman–Crippen LogP) is 7.94. The second-order valence-electron chi connectivity index (χ2n) is 12.7.